The van der Waals surface area contributed by atoms with Crippen LogP contribution in [-0.2, 0) is 6.54 Å². The van der Waals surface area contributed by atoms with E-state index in [-0.39, 0.29) is 5.69 Å². The van der Waals surface area contributed by atoms with Crippen LogP contribution in [0.15, 0.2) is 18.3 Å². The summed E-state index contributed by atoms with van der Waals surface area (Å²) in [6.07, 6.45) is -6.30. The third kappa shape index (κ3) is 4.02. The molecule has 4 nitrogen and oxygen atoms in total. The van der Waals surface area contributed by atoms with Gasteiger partial charge in [0.2, 0.25) is 0 Å². The Hall–Kier alpha value is -1.57. The quantitative estimate of drug-likeness (QED) is 0.759. The number of hydrogen-bond acceptors (Lipinski definition) is 2. The van der Waals surface area contributed by atoms with Crippen molar-refractivity contribution in [1.82, 2.24) is 9.88 Å². The number of halogens is 4. The van der Waals surface area contributed by atoms with Crippen molar-refractivity contribution in [3.8, 4) is 0 Å². The fourth-order valence-corrected chi connectivity index (χ4v) is 1.31. The second-order valence-corrected chi connectivity index (χ2v) is 3.55. The maximum atomic E-state index is 12.2. The van der Waals surface area contributed by atoms with Gasteiger partial charge in [-0.1, -0.05) is 0 Å². The van der Waals surface area contributed by atoms with Gasteiger partial charge in [-0.15, -0.1) is 0 Å². The summed E-state index contributed by atoms with van der Waals surface area (Å²) in [5.41, 5.74) is -0.0724. The molecule has 1 aromatic heterocycles. The summed E-state index contributed by atoms with van der Waals surface area (Å²) < 4.78 is 49.3. The molecular weight excluding hydrogens is 256 g/mol. The molecule has 0 spiro atoms. The lowest BCUT2D eigenvalue weighted by Crippen LogP contribution is -2.36. The van der Waals surface area contributed by atoms with Crippen molar-refractivity contribution in [3.63, 3.8) is 0 Å². The Balaban J connectivity index is 2.59. The molecule has 0 saturated carbocycles. The zero-order chi connectivity index (χ0) is 13.7. The fourth-order valence-electron chi connectivity index (χ4n) is 1.31. The molecule has 1 unspecified atom stereocenters. The van der Waals surface area contributed by atoms with E-state index in [4.69, 9.17) is 5.11 Å². The van der Waals surface area contributed by atoms with E-state index < -0.39 is 38.0 Å². The van der Waals surface area contributed by atoms with Crippen LogP contribution in [0.4, 0.5) is 17.6 Å². The molecule has 0 aliphatic rings. The Morgan fingerprint density at radius 3 is 2.61 bits per heavy atom. The topological polar surface area (TPSA) is 54.3 Å². The lowest BCUT2D eigenvalue weighted by molar-refractivity contribution is -0.00275. The lowest BCUT2D eigenvalue weighted by Gasteiger charge is -2.12. The average Bonchev–Trinajstić information content (AvgIpc) is 2.72. The zero-order valence-electron chi connectivity index (χ0n) is 9.19. The highest BCUT2D eigenvalue weighted by Gasteiger charge is 2.19. The molecule has 1 amide bonds. The standard InChI is InChI=1S/C10H12F4N2O2/c11-8(12)5-16-3-1-2-6(16)10(18)15-4-7(17)9(13)14/h1-3,7-9,17H,4-5H2,(H,15,18). The van der Waals surface area contributed by atoms with E-state index in [0.717, 1.165) is 4.57 Å². The van der Waals surface area contributed by atoms with Gasteiger partial charge in [-0.05, 0) is 12.1 Å². The molecule has 18 heavy (non-hydrogen) atoms. The van der Waals surface area contributed by atoms with Gasteiger partial charge in [0.15, 0.2) is 0 Å². The summed E-state index contributed by atoms with van der Waals surface area (Å²) in [4.78, 5) is 11.5. The number of nitrogens with zero attached hydrogens (tertiary/aromatic N) is 1. The van der Waals surface area contributed by atoms with Crippen LogP contribution in [0.2, 0.25) is 0 Å². The third-order valence-corrected chi connectivity index (χ3v) is 2.16. The second-order valence-electron chi connectivity index (χ2n) is 3.55. The highest BCUT2D eigenvalue weighted by atomic mass is 19.3. The molecule has 0 aromatic carbocycles. The molecule has 2 N–H and O–H groups in total. The van der Waals surface area contributed by atoms with Gasteiger partial charge in [0, 0.05) is 12.7 Å². The maximum absolute atomic E-state index is 12.2. The summed E-state index contributed by atoms with van der Waals surface area (Å²) >= 11 is 0. The van der Waals surface area contributed by atoms with Crippen molar-refractivity contribution >= 4 is 5.91 Å². The van der Waals surface area contributed by atoms with Crippen LogP contribution in [0.25, 0.3) is 0 Å². The van der Waals surface area contributed by atoms with Crippen LogP contribution in [0, 0.1) is 0 Å². The Morgan fingerprint density at radius 1 is 1.39 bits per heavy atom. The number of aliphatic hydroxyl groups is 1. The van der Waals surface area contributed by atoms with Crippen molar-refractivity contribution < 1.29 is 27.5 Å². The first kappa shape index (κ1) is 14.5. The first-order valence-corrected chi connectivity index (χ1v) is 5.09. The van der Waals surface area contributed by atoms with E-state index >= 15 is 0 Å². The Kier molecular flexibility index (Phi) is 5.14. The van der Waals surface area contributed by atoms with Gasteiger partial charge in [0.05, 0.1) is 6.54 Å². The molecule has 0 fully saturated rings. The van der Waals surface area contributed by atoms with Crippen LogP contribution in [0.3, 0.4) is 0 Å². The van der Waals surface area contributed by atoms with Crippen molar-refractivity contribution in [3.05, 3.63) is 24.0 Å². The molecule has 1 aromatic rings. The van der Waals surface area contributed by atoms with Crippen molar-refractivity contribution in [1.29, 1.82) is 0 Å². The van der Waals surface area contributed by atoms with E-state index in [1.807, 2.05) is 5.32 Å². The molecule has 0 bridgehead atoms. The number of aromatic nitrogens is 1. The van der Waals surface area contributed by atoms with Crippen molar-refractivity contribution in [2.75, 3.05) is 6.54 Å². The SMILES string of the molecule is O=C(NCC(O)C(F)F)c1cccn1CC(F)F. The van der Waals surface area contributed by atoms with E-state index in [0.29, 0.717) is 0 Å². The highest BCUT2D eigenvalue weighted by Crippen LogP contribution is 2.07. The van der Waals surface area contributed by atoms with Gasteiger partial charge in [0.1, 0.15) is 11.8 Å². The second kappa shape index (κ2) is 6.39. The van der Waals surface area contributed by atoms with Gasteiger partial charge in [-0.2, -0.15) is 0 Å². The molecular formula is C10H12F4N2O2. The molecule has 102 valence electrons. The predicted octanol–water partition coefficient (Wildman–Crippen LogP) is 1.11. The summed E-state index contributed by atoms with van der Waals surface area (Å²) in [7, 11) is 0. The van der Waals surface area contributed by atoms with E-state index in [2.05, 4.69) is 0 Å². The lowest BCUT2D eigenvalue weighted by atomic mass is 10.3. The summed E-state index contributed by atoms with van der Waals surface area (Å²) in [6.45, 7) is -1.30. The summed E-state index contributed by atoms with van der Waals surface area (Å²) in [6, 6.07) is 2.67. The summed E-state index contributed by atoms with van der Waals surface area (Å²) in [5.74, 6) is -0.791. The number of amides is 1. The minimum atomic E-state index is -2.97. The smallest absolute Gasteiger partial charge is 0.268 e. The van der Waals surface area contributed by atoms with Crippen molar-refractivity contribution in [2.45, 2.75) is 25.5 Å². The van der Waals surface area contributed by atoms with Gasteiger partial charge >= 0.3 is 0 Å². The number of rotatable bonds is 6. The molecule has 0 radical (unpaired) electrons. The largest absolute Gasteiger partial charge is 0.385 e. The molecule has 1 rings (SSSR count). The van der Waals surface area contributed by atoms with Gasteiger partial charge in [0.25, 0.3) is 18.8 Å². The normalized spacial score (nSPS) is 13.1. The monoisotopic (exact) mass is 268 g/mol. The maximum Gasteiger partial charge on any atom is 0.268 e. The minimum Gasteiger partial charge on any atom is -0.385 e. The van der Waals surface area contributed by atoms with E-state index in [9.17, 15) is 22.4 Å². The number of hydrogen-bond donors (Lipinski definition) is 2. The molecule has 8 heteroatoms. The predicted molar refractivity (Wildman–Crippen MR) is 54.8 cm³/mol. The number of alkyl halides is 4. The van der Waals surface area contributed by atoms with E-state index in [1.54, 1.807) is 0 Å². The number of carbonyl (C=O) groups is 1. The minimum absolute atomic E-state index is 0.0724. The number of nitrogens with one attached hydrogen (secondary N) is 1. The van der Waals surface area contributed by atoms with Gasteiger partial charge in [-0.3, -0.25) is 4.79 Å². The van der Waals surface area contributed by atoms with Crippen LogP contribution in [0.5, 0.6) is 0 Å². The first-order valence-electron chi connectivity index (χ1n) is 5.09. The molecule has 1 heterocycles. The molecule has 0 saturated heterocycles. The van der Waals surface area contributed by atoms with Crippen LogP contribution >= 0.6 is 0 Å². The van der Waals surface area contributed by atoms with Gasteiger partial charge < -0.3 is 15.0 Å². The zero-order valence-corrected chi connectivity index (χ0v) is 9.19. The fraction of sp³-hybridized carbons (Fsp3) is 0.500. The Morgan fingerprint density at radius 2 is 2.06 bits per heavy atom. The van der Waals surface area contributed by atoms with Crippen LogP contribution < -0.4 is 5.32 Å². The highest BCUT2D eigenvalue weighted by molar-refractivity contribution is 5.92. The first-order chi connectivity index (χ1) is 8.41. The summed E-state index contributed by atoms with van der Waals surface area (Å²) in [5, 5.41) is 10.8. The molecule has 1 atom stereocenters. The average molecular weight is 268 g/mol. The van der Waals surface area contributed by atoms with Crippen LogP contribution in [-0.4, -0.2) is 41.1 Å². The van der Waals surface area contributed by atoms with E-state index in [1.165, 1.54) is 18.3 Å². The Labute approximate surface area is 100 Å². The third-order valence-electron chi connectivity index (χ3n) is 2.16. The Bertz CT molecular complexity index is 395. The number of carbonyl (C=O) groups excluding carboxylic acids is 1. The van der Waals surface area contributed by atoms with Gasteiger partial charge in [-0.25, -0.2) is 17.6 Å². The van der Waals surface area contributed by atoms with Crippen molar-refractivity contribution in [2.24, 2.45) is 0 Å². The number of aliphatic hydroxyl groups excluding tert-OH is 1. The molecule has 0 aliphatic carbocycles. The van der Waals surface area contributed by atoms with Crippen LogP contribution in [0.1, 0.15) is 10.5 Å². The molecule has 0 aliphatic heterocycles.